The highest BCUT2D eigenvalue weighted by molar-refractivity contribution is 14.0. The first-order valence-electron chi connectivity index (χ1n) is 8.36. The third-order valence-corrected chi connectivity index (χ3v) is 4.51. The summed E-state index contributed by atoms with van der Waals surface area (Å²) >= 11 is 0. The average Bonchev–Trinajstić information content (AvgIpc) is 2.54. The lowest BCUT2D eigenvalue weighted by atomic mass is 10.0. The smallest absolute Gasteiger partial charge is 0.191 e. The molecule has 1 aromatic rings. The minimum Gasteiger partial charge on any atom is -0.497 e. The van der Waals surface area contributed by atoms with E-state index in [-0.39, 0.29) is 30.0 Å². The molecular formula is C18H31IN4O. The number of rotatable bonds is 5. The van der Waals surface area contributed by atoms with E-state index in [0.717, 1.165) is 18.8 Å². The molecule has 0 spiro atoms. The molecule has 2 atom stereocenters. The van der Waals surface area contributed by atoms with Crippen molar-refractivity contribution >= 4 is 29.9 Å². The number of guanidine groups is 1. The van der Waals surface area contributed by atoms with Crippen LogP contribution in [0.5, 0.6) is 5.75 Å². The van der Waals surface area contributed by atoms with Crippen molar-refractivity contribution in [3.8, 4) is 5.75 Å². The Labute approximate surface area is 163 Å². The molecule has 1 aromatic carbocycles. The third-order valence-electron chi connectivity index (χ3n) is 4.51. The Morgan fingerprint density at radius 1 is 1.46 bits per heavy atom. The van der Waals surface area contributed by atoms with Crippen LogP contribution in [0, 0.1) is 5.92 Å². The van der Waals surface area contributed by atoms with Gasteiger partial charge in [-0.15, -0.1) is 24.0 Å². The monoisotopic (exact) mass is 446 g/mol. The normalized spacial score (nSPS) is 19.8. The minimum absolute atomic E-state index is 0. The van der Waals surface area contributed by atoms with Crippen LogP contribution in [0.25, 0.3) is 0 Å². The number of likely N-dealkylation sites (tertiary alicyclic amines) is 1. The number of likely N-dealkylation sites (N-methyl/N-ethyl adjacent to an activating group) is 1. The number of benzene rings is 1. The lowest BCUT2D eigenvalue weighted by Crippen LogP contribution is -2.43. The molecule has 1 fully saturated rings. The van der Waals surface area contributed by atoms with Gasteiger partial charge in [0.15, 0.2) is 5.96 Å². The molecule has 0 aliphatic carbocycles. The average molecular weight is 446 g/mol. The number of methoxy groups -OCH3 is 1. The Morgan fingerprint density at radius 2 is 2.21 bits per heavy atom. The van der Waals surface area contributed by atoms with Gasteiger partial charge in [0.25, 0.3) is 0 Å². The summed E-state index contributed by atoms with van der Waals surface area (Å²) in [5.74, 6) is 2.24. The highest BCUT2D eigenvalue weighted by Gasteiger charge is 2.19. The second kappa shape index (κ2) is 10.1. The molecule has 2 N–H and O–H groups in total. The molecule has 2 unspecified atom stereocenters. The third kappa shape index (κ3) is 5.81. The minimum atomic E-state index is 0. The first-order chi connectivity index (χ1) is 11.0. The van der Waals surface area contributed by atoms with Crippen LogP contribution in [0.4, 0.5) is 0 Å². The summed E-state index contributed by atoms with van der Waals surface area (Å²) in [6, 6.07) is 8.35. The van der Waals surface area contributed by atoms with Gasteiger partial charge in [-0.05, 0) is 50.6 Å². The molecule has 2 rings (SSSR count). The molecule has 1 heterocycles. The summed E-state index contributed by atoms with van der Waals surface area (Å²) < 4.78 is 5.33. The number of nitrogens with zero attached hydrogens (tertiary/aromatic N) is 3. The van der Waals surface area contributed by atoms with E-state index in [1.165, 1.54) is 18.4 Å². The largest absolute Gasteiger partial charge is 0.497 e. The number of hydrogen-bond acceptors (Lipinski definition) is 3. The summed E-state index contributed by atoms with van der Waals surface area (Å²) in [5.41, 5.74) is 7.42. The summed E-state index contributed by atoms with van der Waals surface area (Å²) in [6.45, 7) is 4.96. The van der Waals surface area contributed by atoms with E-state index in [0.29, 0.717) is 18.4 Å². The van der Waals surface area contributed by atoms with Gasteiger partial charge in [-0.1, -0.05) is 19.1 Å². The van der Waals surface area contributed by atoms with Gasteiger partial charge in [-0.25, -0.2) is 0 Å². The number of ether oxygens (including phenoxy) is 1. The summed E-state index contributed by atoms with van der Waals surface area (Å²) in [6.07, 6.45) is 2.48. The van der Waals surface area contributed by atoms with E-state index < -0.39 is 0 Å². The van der Waals surface area contributed by atoms with Gasteiger partial charge in [0, 0.05) is 13.1 Å². The molecule has 0 saturated carbocycles. The zero-order chi connectivity index (χ0) is 16.8. The van der Waals surface area contributed by atoms with Crippen LogP contribution in [0.1, 0.15) is 31.4 Å². The lowest BCUT2D eigenvalue weighted by molar-refractivity contribution is 0.267. The second-order valence-electron chi connectivity index (χ2n) is 6.65. The molecule has 1 saturated heterocycles. The van der Waals surface area contributed by atoms with E-state index in [1.807, 2.05) is 12.1 Å². The Morgan fingerprint density at radius 3 is 2.83 bits per heavy atom. The van der Waals surface area contributed by atoms with Crippen LogP contribution in [0.3, 0.4) is 0 Å². The maximum Gasteiger partial charge on any atom is 0.191 e. The molecule has 5 nitrogen and oxygen atoms in total. The second-order valence-corrected chi connectivity index (χ2v) is 6.65. The SMILES string of the molecule is COc1cccc(C(CN=C(N)N2CCCC(C)C2)N(C)C)c1.I. The molecule has 1 aliphatic heterocycles. The van der Waals surface area contributed by atoms with Crippen molar-refractivity contribution in [2.45, 2.75) is 25.8 Å². The van der Waals surface area contributed by atoms with Crippen LogP contribution in [0.2, 0.25) is 0 Å². The van der Waals surface area contributed by atoms with Crippen molar-refractivity contribution in [3.63, 3.8) is 0 Å². The predicted octanol–water partition coefficient (Wildman–Crippen LogP) is 2.96. The highest BCUT2D eigenvalue weighted by atomic mass is 127. The number of aliphatic imine (C=N–C) groups is 1. The van der Waals surface area contributed by atoms with E-state index in [2.05, 4.69) is 47.9 Å². The van der Waals surface area contributed by atoms with E-state index in [1.54, 1.807) is 7.11 Å². The Hall–Kier alpha value is -1.02. The molecule has 0 radical (unpaired) electrons. The molecule has 1 aliphatic rings. The van der Waals surface area contributed by atoms with Crippen LogP contribution < -0.4 is 10.5 Å². The standard InChI is InChI=1S/C18H30N4O.HI/c1-14-7-6-10-22(13-14)18(19)20-12-17(21(2)3)15-8-5-9-16(11-15)23-4;/h5,8-9,11,14,17H,6-7,10,12-13H2,1-4H3,(H2,19,20);1H. The van der Waals surface area contributed by atoms with Gasteiger partial charge in [-0.2, -0.15) is 0 Å². The molecular weight excluding hydrogens is 415 g/mol. The topological polar surface area (TPSA) is 54.1 Å². The number of nitrogens with two attached hydrogens (primary N) is 1. The number of halogens is 1. The van der Waals surface area contributed by atoms with Crippen molar-refractivity contribution in [1.82, 2.24) is 9.80 Å². The van der Waals surface area contributed by atoms with Gasteiger partial charge in [0.05, 0.1) is 19.7 Å². The fourth-order valence-corrected chi connectivity index (χ4v) is 3.09. The maximum atomic E-state index is 6.23. The lowest BCUT2D eigenvalue weighted by Gasteiger charge is -2.32. The molecule has 0 aromatic heterocycles. The van der Waals surface area contributed by atoms with Crippen molar-refractivity contribution < 1.29 is 4.74 Å². The van der Waals surface area contributed by atoms with Gasteiger partial charge >= 0.3 is 0 Å². The molecule has 0 amide bonds. The maximum absolute atomic E-state index is 6.23. The van der Waals surface area contributed by atoms with Crippen molar-refractivity contribution in [1.29, 1.82) is 0 Å². The summed E-state index contributed by atoms with van der Waals surface area (Å²) in [4.78, 5) is 9.06. The Balaban J connectivity index is 0.00000288. The van der Waals surface area contributed by atoms with Gasteiger partial charge in [0.1, 0.15) is 5.75 Å². The van der Waals surface area contributed by atoms with Crippen LogP contribution >= 0.6 is 24.0 Å². The molecule has 6 heteroatoms. The van der Waals surface area contributed by atoms with E-state index in [4.69, 9.17) is 10.5 Å². The van der Waals surface area contributed by atoms with E-state index in [9.17, 15) is 0 Å². The van der Waals surface area contributed by atoms with Gasteiger partial charge in [-0.3, -0.25) is 4.99 Å². The highest BCUT2D eigenvalue weighted by Crippen LogP contribution is 2.23. The van der Waals surface area contributed by atoms with Gasteiger partial charge < -0.3 is 20.3 Å². The Kier molecular flexibility index (Phi) is 8.83. The van der Waals surface area contributed by atoms with Crippen LogP contribution in [-0.2, 0) is 0 Å². The summed E-state index contributed by atoms with van der Waals surface area (Å²) in [7, 11) is 5.83. The van der Waals surface area contributed by atoms with Crippen LogP contribution in [-0.4, -0.2) is 56.6 Å². The van der Waals surface area contributed by atoms with Crippen molar-refractivity contribution in [3.05, 3.63) is 29.8 Å². The van der Waals surface area contributed by atoms with E-state index >= 15 is 0 Å². The number of piperidine rings is 1. The zero-order valence-electron chi connectivity index (χ0n) is 15.2. The van der Waals surface area contributed by atoms with Crippen molar-refractivity contribution in [2.24, 2.45) is 16.6 Å². The first-order valence-corrected chi connectivity index (χ1v) is 8.36. The summed E-state index contributed by atoms with van der Waals surface area (Å²) in [5, 5.41) is 0. The predicted molar refractivity (Wildman–Crippen MR) is 111 cm³/mol. The van der Waals surface area contributed by atoms with Gasteiger partial charge in [0.2, 0.25) is 0 Å². The Bertz CT molecular complexity index is 536. The first kappa shape index (κ1) is 21.0. The van der Waals surface area contributed by atoms with Crippen LogP contribution in [0.15, 0.2) is 29.3 Å². The van der Waals surface area contributed by atoms with Crippen molar-refractivity contribution in [2.75, 3.05) is 40.8 Å². The zero-order valence-corrected chi connectivity index (χ0v) is 17.6. The molecule has 24 heavy (non-hydrogen) atoms. The molecule has 0 bridgehead atoms. The fourth-order valence-electron chi connectivity index (χ4n) is 3.09. The number of hydrogen-bond donors (Lipinski definition) is 1. The quantitative estimate of drug-likeness (QED) is 0.430. The molecule has 136 valence electrons. The fraction of sp³-hybridized carbons (Fsp3) is 0.611.